The van der Waals surface area contributed by atoms with Gasteiger partial charge < -0.3 is 5.32 Å². The summed E-state index contributed by atoms with van der Waals surface area (Å²) in [5.41, 5.74) is 0. The molecule has 4 nitrogen and oxygen atoms in total. The molecule has 0 spiro atoms. The molecule has 24 heavy (non-hydrogen) atoms. The molecule has 1 saturated heterocycles. The Labute approximate surface area is 149 Å². The average Bonchev–Trinajstić information content (AvgIpc) is 3.10. The normalized spacial score (nSPS) is 24.0. The highest BCUT2D eigenvalue weighted by molar-refractivity contribution is 7.82. The van der Waals surface area contributed by atoms with Crippen molar-refractivity contribution in [3.05, 3.63) is 29.0 Å². The molecule has 0 radical (unpaired) electrons. The van der Waals surface area contributed by atoms with Gasteiger partial charge in [-0.2, -0.15) is 0 Å². The Morgan fingerprint density at radius 1 is 1.25 bits per heavy atom. The summed E-state index contributed by atoms with van der Waals surface area (Å²) in [6, 6.07) is 4.41. The number of hydrogen-bond donors (Lipinski definition) is 1. The first-order valence-corrected chi connectivity index (χ1v) is 9.95. The summed E-state index contributed by atoms with van der Waals surface area (Å²) in [5, 5.41) is 3.10. The molecule has 7 heteroatoms. The number of nitrogens with zero attached hydrogens (tertiary/aromatic N) is 1. The average molecular weight is 373 g/mol. The van der Waals surface area contributed by atoms with E-state index in [1.807, 2.05) is 0 Å². The van der Waals surface area contributed by atoms with Crippen LogP contribution in [0.15, 0.2) is 23.1 Å². The molecule has 1 aromatic rings. The standard InChI is InChI=1S/C17H22ClFN2O2S/c18-15-10-14(7-8-16(15)19)24(23)21-9-3-4-12(11-21)17(22)20-13-5-1-2-6-13/h7-8,10,12-13H,1-6,9,11H2,(H,20,22). The van der Waals surface area contributed by atoms with Crippen LogP contribution >= 0.6 is 11.6 Å². The van der Waals surface area contributed by atoms with Crippen molar-refractivity contribution >= 4 is 28.5 Å². The number of carbonyl (C=O) groups is 1. The third kappa shape index (κ3) is 4.16. The van der Waals surface area contributed by atoms with Crippen LogP contribution in [0.3, 0.4) is 0 Å². The molecular weight excluding hydrogens is 351 g/mol. The van der Waals surface area contributed by atoms with E-state index in [0.717, 1.165) is 25.7 Å². The highest BCUT2D eigenvalue weighted by Crippen LogP contribution is 2.25. The fourth-order valence-electron chi connectivity index (χ4n) is 3.43. The molecule has 0 bridgehead atoms. The fourth-order valence-corrected chi connectivity index (χ4v) is 4.99. The van der Waals surface area contributed by atoms with E-state index in [1.165, 1.54) is 31.0 Å². The van der Waals surface area contributed by atoms with Gasteiger partial charge in [-0.15, -0.1) is 0 Å². The summed E-state index contributed by atoms with van der Waals surface area (Å²) in [7, 11) is -1.43. The van der Waals surface area contributed by atoms with E-state index in [-0.39, 0.29) is 16.8 Å². The predicted molar refractivity (Wildman–Crippen MR) is 92.5 cm³/mol. The lowest BCUT2D eigenvalue weighted by Crippen LogP contribution is -2.45. The van der Waals surface area contributed by atoms with Crippen LogP contribution in [0, 0.1) is 11.7 Å². The van der Waals surface area contributed by atoms with Gasteiger partial charge in [0.1, 0.15) is 16.8 Å². The molecule has 2 unspecified atom stereocenters. The largest absolute Gasteiger partial charge is 0.353 e. The quantitative estimate of drug-likeness (QED) is 0.881. The number of nitrogens with one attached hydrogen (secondary N) is 1. The zero-order chi connectivity index (χ0) is 17.1. The van der Waals surface area contributed by atoms with Crippen molar-refractivity contribution in [3.8, 4) is 0 Å². The van der Waals surface area contributed by atoms with Gasteiger partial charge in [-0.3, -0.25) is 4.79 Å². The van der Waals surface area contributed by atoms with Gasteiger partial charge in [0.25, 0.3) is 0 Å². The van der Waals surface area contributed by atoms with Crippen molar-refractivity contribution in [1.82, 2.24) is 9.62 Å². The predicted octanol–water partition coefficient (Wildman–Crippen LogP) is 3.27. The minimum atomic E-state index is -1.43. The van der Waals surface area contributed by atoms with Gasteiger partial charge in [0, 0.05) is 19.1 Å². The Balaban J connectivity index is 1.62. The van der Waals surface area contributed by atoms with Crippen molar-refractivity contribution in [2.45, 2.75) is 49.5 Å². The van der Waals surface area contributed by atoms with Gasteiger partial charge in [-0.1, -0.05) is 24.4 Å². The molecule has 1 amide bonds. The summed E-state index contributed by atoms with van der Waals surface area (Å²) < 4.78 is 27.8. The van der Waals surface area contributed by atoms with Crippen LogP contribution in [-0.2, 0) is 15.8 Å². The van der Waals surface area contributed by atoms with Gasteiger partial charge >= 0.3 is 0 Å². The van der Waals surface area contributed by atoms with E-state index in [4.69, 9.17) is 11.6 Å². The Bertz CT molecular complexity index is 637. The number of hydrogen-bond acceptors (Lipinski definition) is 2. The molecule has 2 fully saturated rings. The van der Waals surface area contributed by atoms with Crippen molar-refractivity contribution in [3.63, 3.8) is 0 Å². The van der Waals surface area contributed by atoms with Crippen LogP contribution in [0.1, 0.15) is 38.5 Å². The first-order valence-electron chi connectivity index (χ1n) is 8.47. The molecule has 1 aliphatic heterocycles. The number of piperidine rings is 1. The first kappa shape index (κ1) is 17.8. The second kappa shape index (κ2) is 7.93. The second-order valence-corrected chi connectivity index (χ2v) is 8.44. The van der Waals surface area contributed by atoms with Gasteiger partial charge in [0.2, 0.25) is 5.91 Å². The molecule has 1 N–H and O–H groups in total. The first-order chi connectivity index (χ1) is 11.5. The molecular formula is C17H22ClFN2O2S. The Morgan fingerprint density at radius 3 is 2.71 bits per heavy atom. The number of halogens is 2. The summed E-state index contributed by atoms with van der Waals surface area (Å²) >= 11 is 5.78. The number of rotatable bonds is 4. The molecule has 2 aliphatic rings. The van der Waals surface area contributed by atoms with Gasteiger partial charge in [0.05, 0.1) is 15.8 Å². The van der Waals surface area contributed by atoms with Crippen molar-refractivity contribution < 1.29 is 13.4 Å². The monoisotopic (exact) mass is 372 g/mol. The van der Waals surface area contributed by atoms with Gasteiger partial charge in [0.15, 0.2) is 0 Å². The molecule has 3 rings (SSSR count). The van der Waals surface area contributed by atoms with Gasteiger partial charge in [-0.25, -0.2) is 12.9 Å². The molecule has 132 valence electrons. The maximum Gasteiger partial charge on any atom is 0.224 e. The number of benzene rings is 1. The number of carbonyl (C=O) groups excluding carboxylic acids is 1. The minimum absolute atomic E-state index is 0.0339. The van der Waals surface area contributed by atoms with E-state index in [0.29, 0.717) is 24.0 Å². The molecule has 0 aromatic heterocycles. The van der Waals surface area contributed by atoms with E-state index in [1.54, 1.807) is 4.31 Å². The van der Waals surface area contributed by atoms with Crippen molar-refractivity contribution in [1.29, 1.82) is 0 Å². The van der Waals surface area contributed by atoms with Crippen LogP contribution < -0.4 is 5.32 Å². The van der Waals surface area contributed by atoms with E-state index in [2.05, 4.69) is 5.32 Å². The van der Waals surface area contributed by atoms with E-state index < -0.39 is 16.8 Å². The lowest BCUT2D eigenvalue weighted by Gasteiger charge is -2.31. The molecule has 2 atom stereocenters. The summed E-state index contributed by atoms with van der Waals surface area (Å²) in [6.45, 7) is 1.12. The topological polar surface area (TPSA) is 49.4 Å². The maximum absolute atomic E-state index is 13.3. The Hall–Kier alpha value is -0.980. The summed E-state index contributed by atoms with van der Waals surface area (Å²) in [4.78, 5) is 12.9. The van der Waals surface area contributed by atoms with Crippen LogP contribution in [0.25, 0.3) is 0 Å². The Kier molecular flexibility index (Phi) is 5.89. The maximum atomic E-state index is 13.3. The second-order valence-electron chi connectivity index (χ2n) is 6.54. The zero-order valence-electron chi connectivity index (χ0n) is 13.5. The Morgan fingerprint density at radius 2 is 2.00 bits per heavy atom. The lowest BCUT2D eigenvalue weighted by molar-refractivity contribution is -0.126. The highest BCUT2D eigenvalue weighted by atomic mass is 35.5. The molecule has 1 aliphatic carbocycles. The lowest BCUT2D eigenvalue weighted by atomic mass is 9.98. The smallest absolute Gasteiger partial charge is 0.224 e. The van der Waals surface area contributed by atoms with E-state index >= 15 is 0 Å². The zero-order valence-corrected chi connectivity index (χ0v) is 15.0. The third-order valence-corrected chi connectivity index (χ3v) is 6.53. The van der Waals surface area contributed by atoms with Crippen LogP contribution in [0.4, 0.5) is 4.39 Å². The fraction of sp³-hybridized carbons (Fsp3) is 0.588. The van der Waals surface area contributed by atoms with Crippen molar-refractivity contribution in [2.24, 2.45) is 5.92 Å². The van der Waals surface area contributed by atoms with Crippen molar-refractivity contribution in [2.75, 3.05) is 13.1 Å². The van der Waals surface area contributed by atoms with Crippen LogP contribution in [0.2, 0.25) is 5.02 Å². The van der Waals surface area contributed by atoms with Gasteiger partial charge in [-0.05, 0) is 43.9 Å². The summed E-state index contributed by atoms with van der Waals surface area (Å²) in [6.07, 6.45) is 6.11. The minimum Gasteiger partial charge on any atom is -0.353 e. The summed E-state index contributed by atoms with van der Waals surface area (Å²) in [5.74, 6) is -0.593. The number of amides is 1. The third-order valence-electron chi connectivity index (χ3n) is 4.78. The van der Waals surface area contributed by atoms with Crippen LogP contribution in [-0.4, -0.2) is 33.6 Å². The van der Waals surface area contributed by atoms with E-state index in [9.17, 15) is 13.4 Å². The SMILES string of the molecule is O=C(NC1CCCC1)C1CCCN(S(=O)c2ccc(F)c(Cl)c2)C1. The molecule has 1 saturated carbocycles. The molecule has 1 aromatic carbocycles. The molecule has 1 heterocycles. The van der Waals surface area contributed by atoms with Crippen LogP contribution in [0.5, 0.6) is 0 Å². The highest BCUT2D eigenvalue weighted by Gasteiger charge is 2.30.